The predicted molar refractivity (Wildman–Crippen MR) is 73.1 cm³/mol. The van der Waals surface area contributed by atoms with Gasteiger partial charge in [0.15, 0.2) is 0 Å². The number of aromatic nitrogens is 2. The van der Waals surface area contributed by atoms with Crippen molar-refractivity contribution >= 4 is 27.5 Å². The van der Waals surface area contributed by atoms with Gasteiger partial charge in [-0.1, -0.05) is 31.0 Å². The lowest BCUT2D eigenvalue weighted by molar-refractivity contribution is 0.793. The Bertz CT molecular complexity index is 588. The van der Waals surface area contributed by atoms with Crippen LogP contribution in [0, 0.1) is 0 Å². The van der Waals surface area contributed by atoms with Crippen molar-refractivity contribution in [1.29, 1.82) is 0 Å². The Kier molecular flexibility index (Phi) is 3.74. The van der Waals surface area contributed by atoms with Crippen LogP contribution in [-0.2, 0) is 6.42 Å². The van der Waals surface area contributed by atoms with Crippen LogP contribution < -0.4 is 5.56 Å². The van der Waals surface area contributed by atoms with E-state index in [0.717, 1.165) is 24.2 Å². The third kappa shape index (κ3) is 2.48. The van der Waals surface area contributed by atoms with Crippen LogP contribution in [-0.4, -0.2) is 9.78 Å². The third-order valence-electron chi connectivity index (χ3n) is 2.47. The molecular weight excluding hydrogens is 304 g/mol. The molecule has 90 valence electrons. The number of hydrogen-bond acceptors (Lipinski definition) is 1. The normalized spacial score (nSPS) is 10.8. The van der Waals surface area contributed by atoms with Crippen molar-refractivity contribution < 1.29 is 0 Å². The summed E-state index contributed by atoms with van der Waals surface area (Å²) in [6.45, 7) is 2.07. The second-order valence-electron chi connectivity index (χ2n) is 3.77. The van der Waals surface area contributed by atoms with E-state index >= 15 is 0 Å². The molecule has 0 saturated carbocycles. The van der Waals surface area contributed by atoms with Gasteiger partial charge in [0.1, 0.15) is 4.47 Å². The molecule has 2 rings (SSSR count). The Morgan fingerprint density at radius 1 is 1.47 bits per heavy atom. The van der Waals surface area contributed by atoms with Crippen molar-refractivity contribution in [1.82, 2.24) is 9.78 Å². The number of nitrogens with one attached hydrogen (secondary N) is 1. The molecule has 1 N–H and O–H groups in total. The number of rotatable bonds is 3. The lowest BCUT2D eigenvalue weighted by Gasteiger charge is -2.01. The van der Waals surface area contributed by atoms with E-state index in [1.807, 2.05) is 12.1 Å². The molecule has 0 aliphatic carbocycles. The number of aromatic amines is 1. The highest BCUT2D eigenvalue weighted by molar-refractivity contribution is 9.10. The van der Waals surface area contributed by atoms with Crippen LogP contribution in [0.15, 0.2) is 33.5 Å². The topological polar surface area (TPSA) is 37.8 Å². The van der Waals surface area contributed by atoms with Crippen molar-refractivity contribution in [2.24, 2.45) is 0 Å². The lowest BCUT2D eigenvalue weighted by Crippen LogP contribution is -2.14. The van der Waals surface area contributed by atoms with Crippen LogP contribution in [0.3, 0.4) is 0 Å². The molecule has 1 aromatic carbocycles. The van der Waals surface area contributed by atoms with Gasteiger partial charge in [-0.25, -0.2) is 4.68 Å². The van der Waals surface area contributed by atoms with Gasteiger partial charge in [0.2, 0.25) is 0 Å². The second kappa shape index (κ2) is 5.10. The first-order valence-corrected chi connectivity index (χ1v) is 6.56. The van der Waals surface area contributed by atoms with Gasteiger partial charge in [0.05, 0.1) is 11.4 Å². The van der Waals surface area contributed by atoms with Crippen LogP contribution in [0.5, 0.6) is 0 Å². The van der Waals surface area contributed by atoms with E-state index in [2.05, 4.69) is 28.0 Å². The SMILES string of the molecule is CCCc1[nH]n(-c2cccc(Cl)c2)c(=O)c1Br. The molecule has 1 aromatic heterocycles. The molecule has 0 unspecified atom stereocenters. The van der Waals surface area contributed by atoms with E-state index in [9.17, 15) is 4.79 Å². The van der Waals surface area contributed by atoms with Crippen molar-refractivity contribution in [2.45, 2.75) is 19.8 Å². The van der Waals surface area contributed by atoms with Crippen molar-refractivity contribution in [2.75, 3.05) is 0 Å². The van der Waals surface area contributed by atoms with Crippen molar-refractivity contribution in [3.8, 4) is 5.69 Å². The minimum Gasteiger partial charge on any atom is -0.294 e. The fourth-order valence-corrected chi connectivity index (χ4v) is 2.32. The average Bonchev–Trinajstić information content (AvgIpc) is 2.58. The highest BCUT2D eigenvalue weighted by Crippen LogP contribution is 2.17. The summed E-state index contributed by atoms with van der Waals surface area (Å²) in [7, 11) is 0. The molecular formula is C12H12BrClN2O. The van der Waals surface area contributed by atoms with E-state index < -0.39 is 0 Å². The first kappa shape index (κ1) is 12.5. The summed E-state index contributed by atoms with van der Waals surface area (Å²) in [6.07, 6.45) is 1.82. The molecule has 0 saturated heterocycles. The van der Waals surface area contributed by atoms with E-state index in [0.29, 0.717) is 9.50 Å². The monoisotopic (exact) mass is 314 g/mol. The minimum atomic E-state index is -0.0873. The summed E-state index contributed by atoms with van der Waals surface area (Å²) in [5, 5.41) is 3.70. The molecule has 0 radical (unpaired) electrons. The van der Waals surface area contributed by atoms with Gasteiger partial charge in [-0.05, 0) is 40.5 Å². The average molecular weight is 316 g/mol. The number of hydrogen-bond donors (Lipinski definition) is 1. The Labute approximate surface area is 113 Å². The molecule has 0 aliphatic heterocycles. The smallest absolute Gasteiger partial charge is 0.285 e. The van der Waals surface area contributed by atoms with Gasteiger partial charge < -0.3 is 0 Å². The summed E-state index contributed by atoms with van der Waals surface area (Å²) in [6, 6.07) is 7.19. The molecule has 1 heterocycles. The van der Waals surface area contributed by atoms with Crippen LogP contribution >= 0.6 is 27.5 Å². The van der Waals surface area contributed by atoms with Gasteiger partial charge in [0.25, 0.3) is 5.56 Å². The van der Waals surface area contributed by atoms with Gasteiger partial charge >= 0.3 is 0 Å². The van der Waals surface area contributed by atoms with Gasteiger partial charge in [-0.15, -0.1) is 0 Å². The zero-order chi connectivity index (χ0) is 12.4. The minimum absolute atomic E-state index is 0.0873. The summed E-state index contributed by atoms with van der Waals surface area (Å²) < 4.78 is 2.10. The fraction of sp³-hybridized carbons (Fsp3) is 0.250. The second-order valence-corrected chi connectivity index (χ2v) is 5.00. The van der Waals surface area contributed by atoms with Gasteiger partial charge in [-0.3, -0.25) is 9.89 Å². The van der Waals surface area contributed by atoms with Crippen LogP contribution in [0.25, 0.3) is 5.69 Å². The van der Waals surface area contributed by atoms with Crippen LogP contribution in [0.1, 0.15) is 19.0 Å². The molecule has 3 nitrogen and oxygen atoms in total. The van der Waals surface area contributed by atoms with Crippen LogP contribution in [0.2, 0.25) is 5.02 Å². The molecule has 0 fully saturated rings. The Balaban J connectivity index is 2.53. The van der Waals surface area contributed by atoms with Gasteiger partial charge in [0, 0.05) is 5.02 Å². The standard InChI is InChI=1S/C12H12BrClN2O/c1-2-4-10-11(13)12(17)16(15-10)9-6-3-5-8(14)7-9/h3,5-7,15H,2,4H2,1H3. The maximum Gasteiger partial charge on any atom is 0.285 e. The first-order chi connectivity index (χ1) is 8.13. The van der Waals surface area contributed by atoms with E-state index in [-0.39, 0.29) is 5.56 Å². The summed E-state index contributed by atoms with van der Waals surface area (Å²) >= 11 is 9.23. The number of aryl methyl sites for hydroxylation is 1. The summed E-state index contributed by atoms with van der Waals surface area (Å²) in [5.41, 5.74) is 1.57. The fourth-order valence-electron chi connectivity index (χ4n) is 1.67. The molecule has 0 atom stereocenters. The zero-order valence-electron chi connectivity index (χ0n) is 9.34. The quantitative estimate of drug-likeness (QED) is 0.924. The first-order valence-electron chi connectivity index (χ1n) is 5.38. The Morgan fingerprint density at radius 2 is 2.24 bits per heavy atom. The largest absolute Gasteiger partial charge is 0.294 e. The predicted octanol–water partition coefficient (Wildman–Crippen LogP) is 3.53. The van der Waals surface area contributed by atoms with E-state index in [1.165, 1.54) is 4.68 Å². The number of halogens is 2. The number of nitrogens with zero attached hydrogens (tertiary/aromatic N) is 1. The zero-order valence-corrected chi connectivity index (χ0v) is 11.7. The molecule has 0 aliphatic rings. The molecule has 2 aromatic rings. The highest BCUT2D eigenvalue weighted by atomic mass is 79.9. The summed E-state index contributed by atoms with van der Waals surface area (Å²) in [5.74, 6) is 0. The molecule has 5 heteroatoms. The molecule has 17 heavy (non-hydrogen) atoms. The van der Waals surface area contributed by atoms with Crippen molar-refractivity contribution in [3.63, 3.8) is 0 Å². The van der Waals surface area contributed by atoms with E-state index in [4.69, 9.17) is 11.6 Å². The third-order valence-corrected chi connectivity index (χ3v) is 3.52. The Hall–Kier alpha value is -1.00. The van der Waals surface area contributed by atoms with Crippen LogP contribution in [0.4, 0.5) is 0 Å². The summed E-state index contributed by atoms with van der Waals surface area (Å²) in [4.78, 5) is 12.0. The molecule has 0 spiro atoms. The van der Waals surface area contributed by atoms with E-state index in [1.54, 1.807) is 12.1 Å². The van der Waals surface area contributed by atoms with Gasteiger partial charge in [-0.2, -0.15) is 0 Å². The molecule has 0 bridgehead atoms. The highest BCUT2D eigenvalue weighted by Gasteiger charge is 2.11. The molecule has 0 amide bonds. The maximum atomic E-state index is 12.0. The lowest BCUT2D eigenvalue weighted by atomic mass is 10.3. The maximum absolute atomic E-state index is 12.0. The number of H-pyrrole nitrogens is 1. The van der Waals surface area contributed by atoms with Crippen molar-refractivity contribution in [3.05, 3.63) is 49.8 Å². The number of benzene rings is 1. The Morgan fingerprint density at radius 3 is 2.88 bits per heavy atom.